The molecular formula is C29H41FN4O5S. The van der Waals surface area contributed by atoms with Gasteiger partial charge in [-0.05, 0) is 56.0 Å². The van der Waals surface area contributed by atoms with E-state index in [2.05, 4.69) is 28.8 Å². The van der Waals surface area contributed by atoms with Crippen LogP contribution in [0.3, 0.4) is 0 Å². The number of carbonyl (C=O) groups excluding carboxylic acids is 1. The third kappa shape index (κ3) is 7.86. The number of nitrogens with one attached hydrogen (secondary N) is 1. The van der Waals surface area contributed by atoms with Crippen molar-refractivity contribution >= 4 is 27.5 Å². The Hall–Kier alpha value is -2.89. The van der Waals surface area contributed by atoms with E-state index in [1.807, 2.05) is 13.8 Å². The van der Waals surface area contributed by atoms with E-state index in [0.29, 0.717) is 41.1 Å². The number of nitrogens with zero attached hydrogens (tertiary/aromatic N) is 3. The van der Waals surface area contributed by atoms with Crippen LogP contribution in [0.4, 0.5) is 10.3 Å². The highest BCUT2D eigenvalue weighted by molar-refractivity contribution is 7.92. The van der Waals surface area contributed by atoms with E-state index < -0.39 is 33.8 Å². The summed E-state index contributed by atoms with van der Waals surface area (Å²) < 4.78 is 52.0. The van der Waals surface area contributed by atoms with Crippen molar-refractivity contribution in [1.82, 2.24) is 15.3 Å². The highest BCUT2D eigenvalue weighted by atomic mass is 32.2. The number of halogens is 1. The Balaban J connectivity index is 2.09. The molecule has 0 spiro atoms. The summed E-state index contributed by atoms with van der Waals surface area (Å²) in [6, 6.07) is 5.81. The van der Waals surface area contributed by atoms with Gasteiger partial charge in [-0.15, -0.1) is 0 Å². The van der Waals surface area contributed by atoms with Gasteiger partial charge in [0.05, 0.1) is 36.3 Å². The highest BCUT2D eigenvalue weighted by Crippen LogP contribution is 2.40. The Kier molecular flexibility index (Phi) is 10.1. The molecule has 1 fully saturated rings. The summed E-state index contributed by atoms with van der Waals surface area (Å²) in [6.07, 6.45) is 2.55. The van der Waals surface area contributed by atoms with Crippen molar-refractivity contribution in [3.8, 4) is 11.3 Å². The fourth-order valence-corrected chi connectivity index (χ4v) is 4.97. The van der Waals surface area contributed by atoms with E-state index in [1.54, 1.807) is 26.0 Å². The van der Waals surface area contributed by atoms with E-state index >= 15 is 0 Å². The van der Waals surface area contributed by atoms with Gasteiger partial charge < -0.3 is 14.8 Å². The van der Waals surface area contributed by atoms with Gasteiger partial charge in [-0.3, -0.25) is 4.79 Å². The number of hydrogen-bond acceptors (Lipinski definition) is 7. The zero-order valence-electron chi connectivity index (χ0n) is 24.5. The lowest BCUT2D eigenvalue weighted by Gasteiger charge is -2.41. The normalized spacial score (nSPS) is 18.9. The third-order valence-corrected chi connectivity index (χ3v) is 7.86. The van der Waals surface area contributed by atoms with Crippen LogP contribution in [0, 0.1) is 5.82 Å². The minimum Gasteiger partial charge on any atom is -0.356 e. The van der Waals surface area contributed by atoms with Gasteiger partial charge in [-0.1, -0.05) is 33.8 Å². The van der Waals surface area contributed by atoms with Crippen LogP contribution in [0.2, 0.25) is 0 Å². The smallest absolute Gasteiger partial charge is 0.239 e. The zero-order chi connectivity index (χ0) is 29.8. The number of amides is 1. The zero-order valence-corrected chi connectivity index (χ0v) is 25.3. The van der Waals surface area contributed by atoms with Crippen molar-refractivity contribution in [3.05, 3.63) is 47.9 Å². The number of anilines is 1. The van der Waals surface area contributed by atoms with Crippen LogP contribution in [0.5, 0.6) is 0 Å². The maximum absolute atomic E-state index is 13.8. The second kappa shape index (κ2) is 12.7. The van der Waals surface area contributed by atoms with Crippen molar-refractivity contribution in [1.29, 1.82) is 0 Å². The minimum absolute atomic E-state index is 0.00284. The molecule has 220 valence electrons. The summed E-state index contributed by atoms with van der Waals surface area (Å²) in [5.41, 5.74) is 2.73. The first-order valence-corrected chi connectivity index (χ1v) is 15.4. The predicted octanol–water partition coefficient (Wildman–Crippen LogP) is 5.03. The van der Waals surface area contributed by atoms with E-state index in [1.165, 1.54) is 19.2 Å². The first kappa shape index (κ1) is 31.6. The fraction of sp³-hybridized carbons (Fsp3) is 0.552. The van der Waals surface area contributed by atoms with Gasteiger partial charge in [0.15, 0.2) is 5.79 Å². The van der Waals surface area contributed by atoms with Gasteiger partial charge in [-0.25, -0.2) is 27.1 Å². The molecule has 0 bridgehead atoms. The number of aromatic nitrogens is 2. The van der Waals surface area contributed by atoms with Gasteiger partial charge in [0.25, 0.3) is 0 Å². The molecule has 1 amide bonds. The summed E-state index contributed by atoms with van der Waals surface area (Å²) in [5.74, 6) is -1.64. The van der Waals surface area contributed by atoms with Crippen LogP contribution in [-0.2, 0) is 24.3 Å². The first-order chi connectivity index (χ1) is 18.6. The molecule has 2 atom stereocenters. The average molecular weight is 577 g/mol. The van der Waals surface area contributed by atoms with Crippen molar-refractivity contribution in [2.45, 2.75) is 84.2 Å². The molecule has 0 saturated carbocycles. The van der Waals surface area contributed by atoms with Gasteiger partial charge in [-0.2, -0.15) is 0 Å². The minimum atomic E-state index is -3.65. The maximum Gasteiger partial charge on any atom is 0.239 e. The van der Waals surface area contributed by atoms with Crippen molar-refractivity contribution in [2.75, 3.05) is 24.2 Å². The molecule has 1 aromatic heterocycles. The Labute approximate surface area is 237 Å². The van der Waals surface area contributed by atoms with E-state index in [0.717, 1.165) is 23.4 Å². The van der Waals surface area contributed by atoms with Crippen molar-refractivity contribution < 1.29 is 27.1 Å². The van der Waals surface area contributed by atoms with Crippen LogP contribution in [0.15, 0.2) is 30.8 Å². The van der Waals surface area contributed by atoms with Gasteiger partial charge in [0.1, 0.15) is 5.82 Å². The first-order valence-electron chi connectivity index (χ1n) is 13.6. The van der Waals surface area contributed by atoms with Gasteiger partial charge >= 0.3 is 0 Å². The molecule has 3 rings (SSSR count). The Morgan fingerprint density at radius 3 is 2.45 bits per heavy atom. The molecule has 2 aromatic rings. The molecule has 2 heterocycles. The monoisotopic (exact) mass is 576 g/mol. The fourth-order valence-electron chi connectivity index (χ4n) is 4.60. The third-order valence-electron chi connectivity index (χ3n) is 6.70. The Bertz CT molecular complexity index is 1330. The molecule has 1 saturated heterocycles. The quantitative estimate of drug-likeness (QED) is 0.374. The molecular weight excluding hydrogens is 535 g/mol. The largest absolute Gasteiger partial charge is 0.356 e. The number of carbonyl (C=O) groups is 1. The van der Waals surface area contributed by atoms with Crippen LogP contribution >= 0.6 is 0 Å². The van der Waals surface area contributed by atoms with Crippen LogP contribution in [-0.4, -0.2) is 62.1 Å². The Morgan fingerprint density at radius 2 is 1.88 bits per heavy atom. The second-order valence-electron chi connectivity index (χ2n) is 10.9. The number of benzene rings is 1. The van der Waals surface area contributed by atoms with Crippen molar-refractivity contribution in [3.63, 3.8) is 0 Å². The SMILES string of the molecule is C=C(c1c(-c2ccc(F)cc2)nc(N(C)S(C)(=O)=O)nc1C(C)C)C1C[C@@H](CC(=O)NCCCC)OC(C)(C)O1. The number of sulfonamides is 1. The molecule has 0 aliphatic carbocycles. The standard InChI is InChI=1S/C29H41FN4O5S/c1-9-10-15-31-24(35)17-22-16-23(39-29(5,6)38-22)19(4)25-26(18(2)3)32-28(34(7)40(8,36)37)33-27(25)20-11-13-21(30)14-12-20/h11-14,18,22-23H,4,9-10,15-17H2,1-3,5-8H3,(H,31,35)/t22-,23?/m0/s1. The van der Waals surface area contributed by atoms with Crippen LogP contribution < -0.4 is 9.62 Å². The van der Waals surface area contributed by atoms with Gasteiger partial charge in [0.2, 0.25) is 21.9 Å². The molecule has 1 aliphatic heterocycles. The summed E-state index contributed by atoms with van der Waals surface area (Å²) >= 11 is 0. The van der Waals surface area contributed by atoms with E-state index in [9.17, 15) is 17.6 Å². The molecule has 11 heteroatoms. The molecule has 1 aliphatic rings. The molecule has 1 unspecified atom stereocenters. The second-order valence-corrected chi connectivity index (χ2v) is 13.0. The Morgan fingerprint density at radius 1 is 1.23 bits per heavy atom. The number of unbranched alkanes of at least 4 members (excludes halogenated alkanes) is 1. The van der Waals surface area contributed by atoms with E-state index in [4.69, 9.17) is 9.47 Å². The molecule has 1 aromatic carbocycles. The topological polar surface area (TPSA) is 111 Å². The summed E-state index contributed by atoms with van der Waals surface area (Å²) in [4.78, 5) is 21.9. The lowest BCUT2D eigenvalue weighted by molar-refractivity contribution is -0.287. The molecule has 9 nitrogen and oxygen atoms in total. The van der Waals surface area contributed by atoms with Crippen LogP contribution in [0.25, 0.3) is 16.8 Å². The average Bonchev–Trinajstić information content (AvgIpc) is 2.86. The number of ether oxygens (including phenoxy) is 2. The molecule has 40 heavy (non-hydrogen) atoms. The van der Waals surface area contributed by atoms with E-state index in [-0.39, 0.29) is 24.2 Å². The maximum atomic E-state index is 13.8. The molecule has 0 radical (unpaired) electrons. The lowest BCUT2D eigenvalue weighted by atomic mass is 9.88. The summed E-state index contributed by atoms with van der Waals surface area (Å²) in [5, 5.41) is 2.94. The van der Waals surface area contributed by atoms with Crippen LogP contribution in [0.1, 0.15) is 77.5 Å². The number of rotatable bonds is 11. The number of hydrogen-bond donors (Lipinski definition) is 1. The van der Waals surface area contributed by atoms with Crippen molar-refractivity contribution in [2.24, 2.45) is 0 Å². The lowest BCUT2D eigenvalue weighted by Crippen LogP contribution is -2.46. The predicted molar refractivity (Wildman–Crippen MR) is 155 cm³/mol. The highest BCUT2D eigenvalue weighted by Gasteiger charge is 2.39. The van der Waals surface area contributed by atoms with Gasteiger partial charge in [0, 0.05) is 31.1 Å². The molecule has 1 N–H and O–H groups in total. The summed E-state index contributed by atoms with van der Waals surface area (Å²) in [7, 11) is -2.27. The summed E-state index contributed by atoms with van der Waals surface area (Å²) in [6.45, 7) is 14.5.